The first-order valence-corrected chi connectivity index (χ1v) is 23.7. The number of nitrogens with zero attached hydrogens (tertiary/aromatic N) is 3. The first-order valence-electron chi connectivity index (χ1n) is 23.7. The molecule has 2 aliphatic rings. The minimum absolute atomic E-state index is 0. The van der Waals surface area contributed by atoms with E-state index in [1.807, 2.05) is 30.5 Å². The Morgan fingerprint density at radius 3 is 1.97 bits per heavy atom. The summed E-state index contributed by atoms with van der Waals surface area (Å²) < 4.78 is 9.43. The van der Waals surface area contributed by atoms with Crippen molar-refractivity contribution in [3.05, 3.63) is 174 Å². The Balaban J connectivity index is 0.000000263. The molecule has 0 aliphatic heterocycles. The van der Waals surface area contributed by atoms with Gasteiger partial charge in [-0.1, -0.05) is 148 Å². The first-order chi connectivity index (χ1) is 31.3. The normalized spacial score (nSPS) is 16.5. The SMILES string of the molecule is CC(C)(C)c1ccnc(-c2[c-]cccc2)c1.CC1(C)CC(C)(C)c2c1cc1c(c2-n2c(-c3[c-]ccc4c3oc3cc5c(ccc6ccccc65)cc34)nc3ccccc32)C(C)(C)CC1(C)C.[Ir]. The molecule has 67 heavy (non-hydrogen) atoms. The number of benzene rings is 7. The van der Waals surface area contributed by atoms with Crippen LogP contribution in [-0.2, 0) is 47.2 Å². The van der Waals surface area contributed by atoms with Gasteiger partial charge in [-0.05, 0) is 125 Å². The van der Waals surface area contributed by atoms with Gasteiger partial charge in [0.2, 0.25) is 0 Å². The second-order valence-corrected chi connectivity index (χ2v) is 22.7. The third-order valence-electron chi connectivity index (χ3n) is 14.8. The van der Waals surface area contributed by atoms with Crippen LogP contribution in [0.4, 0.5) is 0 Å². The van der Waals surface area contributed by atoms with Crippen LogP contribution in [0.15, 0.2) is 138 Å². The van der Waals surface area contributed by atoms with Gasteiger partial charge in [-0.15, -0.1) is 54.1 Å². The molecule has 4 nitrogen and oxygen atoms in total. The number of rotatable bonds is 3. The van der Waals surface area contributed by atoms with Crippen LogP contribution in [0.2, 0.25) is 0 Å². The van der Waals surface area contributed by atoms with Crippen LogP contribution in [-0.4, -0.2) is 14.5 Å². The van der Waals surface area contributed by atoms with E-state index < -0.39 is 0 Å². The predicted molar refractivity (Wildman–Crippen MR) is 276 cm³/mol. The summed E-state index contributed by atoms with van der Waals surface area (Å²) in [5.74, 6) is 0.891. The fraction of sp³-hybridized carbons (Fsp3) is 0.290. The van der Waals surface area contributed by atoms with E-state index >= 15 is 0 Å². The van der Waals surface area contributed by atoms with Gasteiger partial charge in [0.1, 0.15) is 5.58 Å². The Morgan fingerprint density at radius 2 is 1.27 bits per heavy atom. The van der Waals surface area contributed by atoms with Crippen molar-refractivity contribution in [3.8, 4) is 28.3 Å². The molecule has 1 radical (unpaired) electrons. The van der Waals surface area contributed by atoms with Gasteiger partial charge in [0, 0.05) is 37.4 Å². The molecule has 10 aromatic rings. The summed E-state index contributed by atoms with van der Waals surface area (Å²) in [5.41, 5.74) is 15.5. The number of hydrogen-bond donors (Lipinski definition) is 0. The maximum absolute atomic E-state index is 6.93. The van der Waals surface area contributed by atoms with Gasteiger partial charge in [-0.2, -0.15) is 0 Å². The van der Waals surface area contributed by atoms with Crippen molar-refractivity contribution < 1.29 is 24.5 Å². The molecule has 339 valence electrons. The van der Waals surface area contributed by atoms with Gasteiger partial charge in [0.15, 0.2) is 0 Å². The molecule has 3 heterocycles. The van der Waals surface area contributed by atoms with Gasteiger partial charge in [-0.3, -0.25) is 4.98 Å². The average molecular weight is 1050 g/mol. The van der Waals surface area contributed by atoms with Crippen LogP contribution in [0.5, 0.6) is 0 Å². The van der Waals surface area contributed by atoms with E-state index in [-0.39, 0.29) is 47.2 Å². The second kappa shape index (κ2) is 15.6. The molecule has 0 saturated carbocycles. The second-order valence-electron chi connectivity index (χ2n) is 22.7. The van der Waals surface area contributed by atoms with Gasteiger partial charge in [0.25, 0.3) is 0 Å². The van der Waals surface area contributed by atoms with Crippen molar-refractivity contribution in [1.82, 2.24) is 14.5 Å². The molecule has 0 spiro atoms. The van der Waals surface area contributed by atoms with Crippen LogP contribution < -0.4 is 0 Å². The molecule has 3 aromatic heterocycles. The van der Waals surface area contributed by atoms with E-state index in [1.165, 1.54) is 55.0 Å². The number of para-hydroxylation sites is 2. The summed E-state index contributed by atoms with van der Waals surface area (Å²) >= 11 is 0. The number of imidazole rings is 1. The summed E-state index contributed by atoms with van der Waals surface area (Å²) in [6.45, 7) is 26.2. The molecule has 0 N–H and O–H groups in total. The smallest absolute Gasteiger partial charge is 0.121 e. The van der Waals surface area contributed by atoms with Crippen LogP contribution >= 0.6 is 0 Å². The summed E-state index contributed by atoms with van der Waals surface area (Å²) in [6, 6.07) is 52.0. The summed E-state index contributed by atoms with van der Waals surface area (Å²) in [7, 11) is 0. The monoisotopic (exact) mass is 1050 g/mol. The maximum atomic E-state index is 6.93. The van der Waals surface area contributed by atoms with E-state index in [4.69, 9.17) is 9.40 Å². The maximum Gasteiger partial charge on any atom is 0.121 e. The van der Waals surface area contributed by atoms with Crippen LogP contribution in [0.3, 0.4) is 0 Å². The van der Waals surface area contributed by atoms with Crippen molar-refractivity contribution in [3.63, 3.8) is 0 Å². The molecule has 0 amide bonds. The Labute approximate surface area is 409 Å². The van der Waals surface area contributed by atoms with Crippen LogP contribution in [0, 0.1) is 12.1 Å². The Bertz CT molecular complexity index is 3530. The molecule has 2 aliphatic carbocycles. The molecular formula is C62H59IrN3O-2. The molecule has 0 bridgehead atoms. The molecule has 12 rings (SSSR count). The van der Waals surface area contributed by atoms with E-state index in [0.29, 0.717) is 0 Å². The zero-order valence-electron chi connectivity index (χ0n) is 40.7. The van der Waals surface area contributed by atoms with E-state index in [1.54, 1.807) is 0 Å². The van der Waals surface area contributed by atoms with Crippen molar-refractivity contribution >= 4 is 54.5 Å². The average Bonchev–Trinajstić information content (AvgIpc) is 3.95. The van der Waals surface area contributed by atoms with E-state index in [0.717, 1.165) is 68.5 Å². The third-order valence-corrected chi connectivity index (χ3v) is 14.8. The van der Waals surface area contributed by atoms with Crippen molar-refractivity contribution in [2.75, 3.05) is 0 Å². The van der Waals surface area contributed by atoms with Crippen molar-refractivity contribution in [2.45, 2.75) is 116 Å². The fourth-order valence-electron chi connectivity index (χ4n) is 12.3. The van der Waals surface area contributed by atoms with Gasteiger partial charge in [-0.25, -0.2) is 0 Å². The number of furan rings is 1. The van der Waals surface area contributed by atoms with Gasteiger partial charge >= 0.3 is 0 Å². The quantitative estimate of drug-likeness (QED) is 0.131. The Hall–Kier alpha value is -5.87. The molecule has 5 heteroatoms. The third kappa shape index (κ3) is 7.27. The first kappa shape index (κ1) is 44.9. The minimum Gasteiger partial charge on any atom is -0.501 e. The summed E-state index contributed by atoms with van der Waals surface area (Å²) in [6.07, 6.45) is 4.07. The van der Waals surface area contributed by atoms with Crippen molar-refractivity contribution in [2.24, 2.45) is 0 Å². The number of fused-ring (bicyclic) bond motifs is 9. The summed E-state index contributed by atoms with van der Waals surface area (Å²) in [5, 5.41) is 7.10. The molecule has 0 saturated heterocycles. The van der Waals surface area contributed by atoms with Crippen molar-refractivity contribution in [1.29, 1.82) is 0 Å². The largest absolute Gasteiger partial charge is 0.501 e. The zero-order valence-corrected chi connectivity index (χ0v) is 43.1. The topological polar surface area (TPSA) is 43.9 Å². The molecule has 0 fully saturated rings. The minimum atomic E-state index is -0.0212. The van der Waals surface area contributed by atoms with E-state index in [9.17, 15) is 0 Å². The van der Waals surface area contributed by atoms with Crippen LogP contribution in [0.25, 0.3) is 82.8 Å². The van der Waals surface area contributed by atoms with Crippen LogP contribution in [0.1, 0.15) is 117 Å². The summed E-state index contributed by atoms with van der Waals surface area (Å²) in [4.78, 5) is 9.86. The zero-order chi connectivity index (χ0) is 46.1. The molecule has 7 aromatic carbocycles. The van der Waals surface area contributed by atoms with Gasteiger partial charge < -0.3 is 14.0 Å². The standard InChI is InChI=1S/C47H43N2O.C15H16N.Ir/c1-44(2)25-46(5,6)39-34(44)24-35-40(47(7,8)26-45(35,3)4)41(39)49-37-19-12-11-18-36(37)48-43(49)31-17-13-16-30-33-22-28-21-20-27-14-9-10-15-29(27)32(28)23-38(33)50-42(30)31;1-15(2,3)13-9-10-16-14(11-13)12-7-5-4-6-8-12;/h9-16,18-24H,25-26H2,1-8H3;4-7,9-11H,1-3H3;/q2*-1;. The number of hydrogen-bond acceptors (Lipinski definition) is 3. The predicted octanol–water partition coefficient (Wildman–Crippen LogP) is 16.5. The molecular weight excluding hydrogens is 995 g/mol. The fourth-order valence-corrected chi connectivity index (χ4v) is 12.3. The molecule has 0 atom stereocenters. The van der Waals surface area contributed by atoms with Gasteiger partial charge in [0.05, 0.1) is 22.4 Å². The van der Waals surface area contributed by atoms with E-state index in [2.05, 4.69) is 201 Å². The number of pyridine rings is 1. The Kier molecular flexibility index (Phi) is 10.5. The number of aromatic nitrogens is 3. The molecule has 0 unspecified atom stereocenters. The Morgan fingerprint density at radius 1 is 0.597 bits per heavy atom.